The standard InChI is InChI=1S/C24H26N6O.C21H27FN6O.C20H23F3N6O2.C18H19F2N5O/c1-15-4-6-16(7-5-15)22-18(11-26-14-29-22)13-28-23-27-12-17(10-25)20(30-23)8-19-9-21(31)24(19,2)3;1-20(2)15(12-29)8-16(20)27-18-14(9-23)11-26-19(28-18)25-10-13-6-5-7-24-17(13)21(3,4)22;1-19(2)14(8-15(19)30)28-16-13(9-24)11-27-18(29-16)26-10-12-4-3-6-25-17(12)31-7-5-20(21,22)23;1-18(19,20)15-4-5-22-9-11(15)2-3-16-23-10-12(8-21)17(25-16)24-13-6-14(26)7-13/h4-7,11-12,14,19,21,31H,8-9,13H2,1-3H3,(H,27,28,30);5-7,11,15-16,29H,8,10,12H2,1-4H3,(H2,25,26,27,28);3-4,6,11,14-15,30H,5,7-8,10H2,1-2H3,(H2,26,27,28,29);4-5,9-10,13-14,26H,2-3,6-7H2,1H3,(H,23,24,25)/t19-,21-;15-,16-;14-,15-;/m000./s1. The molecule has 8 aromatic heterocycles. The lowest BCUT2D eigenvalue weighted by molar-refractivity contribution is -0.139. The van der Waals surface area contributed by atoms with Crippen LogP contribution in [0.25, 0.3) is 11.3 Å². The minimum absolute atomic E-state index is 0.0516. The Morgan fingerprint density at radius 2 is 1.08 bits per heavy atom. The van der Waals surface area contributed by atoms with Crippen LogP contribution in [0.5, 0.6) is 5.88 Å². The number of hydrogen-bond acceptors (Lipinski definition) is 28. The summed E-state index contributed by atoms with van der Waals surface area (Å²) in [6.07, 6.45) is 13.1. The molecule has 0 spiro atoms. The fourth-order valence-corrected chi connectivity index (χ4v) is 13.7. The average molecular weight is 1610 g/mol. The lowest BCUT2D eigenvalue weighted by atomic mass is 9.58. The van der Waals surface area contributed by atoms with Gasteiger partial charge in [-0.15, -0.1) is 0 Å². The van der Waals surface area contributed by atoms with E-state index in [-0.39, 0.29) is 94.5 Å². The van der Waals surface area contributed by atoms with Crippen molar-refractivity contribution in [3.05, 3.63) is 190 Å². The Hall–Kier alpha value is -12.0. The number of ether oxygens (including phenoxy) is 1. The van der Waals surface area contributed by atoms with Crippen LogP contribution in [-0.4, -0.2) is 141 Å². The highest BCUT2D eigenvalue weighted by atomic mass is 19.4. The van der Waals surface area contributed by atoms with E-state index in [1.807, 2.05) is 44.2 Å². The summed E-state index contributed by atoms with van der Waals surface area (Å²) >= 11 is 0. The summed E-state index contributed by atoms with van der Waals surface area (Å²) in [5, 5.41) is 95.1. The van der Waals surface area contributed by atoms with Crippen molar-refractivity contribution >= 4 is 35.3 Å². The van der Waals surface area contributed by atoms with Gasteiger partial charge in [-0.3, -0.25) is 9.97 Å². The zero-order valence-corrected chi connectivity index (χ0v) is 66.6. The van der Waals surface area contributed by atoms with Gasteiger partial charge < -0.3 is 57.1 Å². The molecule has 0 radical (unpaired) electrons. The Bertz CT molecular complexity index is 5070. The van der Waals surface area contributed by atoms with Crippen molar-refractivity contribution < 1.29 is 51.5 Å². The minimum Gasteiger partial charge on any atom is -0.477 e. The Morgan fingerprint density at radius 1 is 0.530 bits per heavy atom. The summed E-state index contributed by atoms with van der Waals surface area (Å²) < 4.78 is 84.0. The molecule has 0 aliphatic heterocycles. The van der Waals surface area contributed by atoms with E-state index < -0.39 is 36.9 Å². The summed E-state index contributed by atoms with van der Waals surface area (Å²) in [4.78, 5) is 55.3. The molecular formula is C83H95F6N23O5. The summed E-state index contributed by atoms with van der Waals surface area (Å²) in [5.41, 5.74) is 5.97. The Labute approximate surface area is 674 Å². The van der Waals surface area contributed by atoms with Crippen LogP contribution in [0.1, 0.15) is 174 Å². The van der Waals surface area contributed by atoms with Crippen molar-refractivity contribution in [2.45, 2.75) is 201 Å². The predicted octanol–water partition coefficient (Wildman–Crippen LogP) is 12.9. The number of aliphatic hydroxyl groups excluding tert-OH is 4. The van der Waals surface area contributed by atoms with Gasteiger partial charge in [0, 0.05) is 116 Å². The normalized spacial score (nSPS) is 19.8. The third kappa shape index (κ3) is 22.6. The first-order valence-corrected chi connectivity index (χ1v) is 38.2. The maximum absolute atomic E-state index is 14.4. The number of aryl methyl sites for hydroxylation is 3. The predicted molar refractivity (Wildman–Crippen MR) is 424 cm³/mol. The number of hydrogen-bond donors (Lipinski definition) is 10. The molecule has 34 heteroatoms. The molecule has 0 saturated heterocycles. The molecule has 4 saturated carbocycles. The third-order valence-corrected chi connectivity index (χ3v) is 22.0. The summed E-state index contributed by atoms with van der Waals surface area (Å²) in [6.45, 7) is 18.5. The van der Waals surface area contributed by atoms with Gasteiger partial charge in [-0.2, -0.15) is 44.2 Å². The van der Waals surface area contributed by atoms with Crippen molar-refractivity contribution in [1.82, 2.24) is 64.8 Å². The van der Waals surface area contributed by atoms with Crippen LogP contribution in [0.3, 0.4) is 0 Å². The van der Waals surface area contributed by atoms with Gasteiger partial charge in [-0.1, -0.05) is 83.5 Å². The van der Waals surface area contributed by atoms with Crippen LogP contribution >= 0.6 is 0 Å². The first kappa shape index (κ1) is 87.4. The monoisotopic (exact) mass is 1610 g/mol. The molecule has 13 rings (SSSR count). The zero-order valence-electron chi connectivity index (χ0n) is 66.6. The number of pyridine rings is 3. The van der Waals surface area contributed by atoms with Crippen molar-refractivity contribution in [2.24, 2.45) is 28.1 Å². The molecule has 6 atom stereocenters. The molecule has 0 amide bonds. The molecule has 8 heterocycles. The fourth-order valence-electron chi connectivity index (χ4n) is 13.7. The van der Waals surface area contributed by atoms with Crippen LogP contribution in [-0.2, 0) is 50.5 Å². The van der Waals surface area contributed by atoms with Crippen molar-refractivity contribution in [3.63, 3.8) is 0 Å². The van der Waals surface area contributed by atoms with Crippen LogP contribution in [0.15, 0.2) is 117 Å². The molecule has 4 fully saturated rings. The number of nitrogens with one attached hydrogen (secondary N) is 6. The van der Waals surface area contributed by atoms with Gasteiger partial charge in [-0.05, 0) is 118 Å². The molecule has 10 N–H and O–H groups in total. The number of aromatic nitrogens is 13. The first-order chi connectivity index (χ1) is 55.5. The number of nitriles is 4. The van der Waals surface area contributed by atoms with Gasteiger partial charge in [0.2, 0.25) is 23.7 Å². The zero-order chi connectivity index (χ0) is 84.6. The van der Waals surface area contributed by atoms with E-state index in [1.165, 1.54) is 62.7 Å². The summed E-state index contributed by atoms with van der Waals surface area (Å²) in [5.74, 6) is 0.365. The van der Waals surface area contributed by atoms with Gasteiger partial charge in [0.05, 0.1) is 78.8 Å². The lowest BCUT2D eigenvalue weighted by Gasteiger charge is -2.52. The van der Waals surface area contributed by atoms with E-state index in [4.69, 9.17) is 4.74 Å². The smallest absolute Gasteiger partial charge is 0.392 e. The highest BCUT2D eigenvalue weighted by molar-refractivity contribution is 5.63. The molecule has 0 unspecified atom stereocenters. The molecule has 117 heavy (non-hydrogen) atoms. The number of aliphatic hydroxyl groups is 4. The van der Waals surface area contributed by atoms with E-state index in [2.05, 4.69) is 156 Å². The van der Waals surface area contributed by atoms with Crippen molar-refractivity contribution in [3.8, 4) is 41.4 Å². The second-order valence-corrected chi connectivity index (χ2v) is 31.7. The van der Waals surface area contributed by atoms with E-state index in [1.54, 1.807) is 43.1 Å². The van der Waals surface area contributed by atoms with Gasteiger partial charge >= 0.3 is 6.18 Å². The molecule has 4 aliphatic carbocycles. The molecule has 614 valence electrons. The third-order valence-electron chi connectivity index (χ3n) is 22.0. The van der Waals surface area contributed by atoms with Gasteiger partial charge in [0.25, 0.3) is 5.92 Å². The van der Waals surface area contributed by atoms with Gasteiger partial charge in [0.1, 0.15) is 76.2 Å². The van der Waals surface area contributed by atoms with Gasteiger partial charge in [0.15, 0.2) is 0 Å². The molecule has 28 nitrogen and oxygen atoms in total. The SMILES string of the molecule is CC(C)(F)c1ncccc1CNc1ncc(C#N)c(N[C@H]2C[C@@H](CO)C2(C)C)n1.CC(F)(F)c1ccncc1CCc1ncc(C#N)c(NC2CC(O)C2)n1.CC1(C)[C@@H](Nc2nc(NCc3cccnc3OCCC(F)(F)F)ncc2C#N)C[C@@H]1O.Cc1ccc(-c2ncncc2CNc2ncc(C#N)c(C[C@H]3C[C@H](O)C3(C)C)n2)cc1. The van der Waals surface area contributed by atoms with E-state index in [0.29, 0.717) is 132 Å². The first-order valence-electron chi connectivity index (χ1n) is 38.2. The molecule has 0 bridgehead atoms. The number of alkyl halides is 6. The second-order valence-electron chi connectivity index (χ2n) is 31.7. The van der Waals surface area contributed by atoms with Crippen LogP contribution in [0.2, 0.25) is 0 Å². The van der Waals surface area contributed by atoms with E-state index in [9.17, 15) is 67.8 Å². The second kappa shape index (κ2) is 37.8. The highest BCUT2D eigenvalue weighted by Gasteiger charge is 2.50. The van der Waals surface area contributed by atoms with E-state index in [0.717, 1.165) is 36.6 Å². The van der Waals surface area contributed by atoms with Crippen molar-refractivity contribution in [2.75, 3.05) is 45.1 Å². The number of halogens is 6. The number of nitrogens with zero attached hydrogens (tertiary/aromatic N) is 17. The number of anilines is 6. The van der Waals surface area contributed by atoms with Crippen LogP contribution in [0, 0.1) is 80.3 Å². The summed E-state index contributed by atoms with van der Waals surface area (Å²) in [6, 6.07) is 24.9. The maximum atomic E-state index is 14.4. The Balaban J connectivity index is 0.000000165. The van der Waals surface area contributed by atoms with Crippen LogP contribution < -0.4 is 36.6 Å². The number of benzene rings is 1. The highest BCUT2D eigenvalue weighted by Crippen LogP contribution is 2.49. The number of rotatable bonds is 27. The largest absolute Gasteiger partial charge is 0.477 e. The topological polar surface area (TPSA) is 425 Å². The average Bonchev–Trinajstić information content (AvgIpc) is 0.768. The van der Waals surface area contributed by atoms with E-state index >= 15 is 0 Å². The quantitative estimate of drug-likeness (QED) is 0.0214. The molecule has 4 aliphatic rings. The minimum atomic E-state index is -4.31. The van der Waals surface area contributed by atoms with Gasteiger partial charge in [-0.25, -0.2) is 58.0 Å². The fraction of sp³-hybridized carbons (Fsp3) is 0.458. The molecular weight excluding hydrogens is 1510 g/mol. The molecule has 9 aromatic rings. The van der Waals surface area contributed by atoms with Crippen LogP contribution in [0.4, 0.5) is 61.6 Å². The Morgan fingerprint density at radius 3 is 1.62 bits per heavy atom. The Kier molecular flexibility index (Phi) is 28.2. The molecule has 1 aromatic carbocycles. The maximum Gasteiger partial charge on any atom is 0.392 e. The van der Waals surface area contributed by atoms with Crippen molar-refractivity contribution in [1.29, 1.82) is 21.0 Å². The lowest BCUT2D eigenvalue weighted by Crippen LogP contribution is -2.57. The summed E-state index contributed by atoms with van der Waals surface area (Å²) in [7, 11) is 0.